The van der Waals surface area contributed by atoms with Gasteiger partial charge in [-0.15, -0.1) is 0 Å². The van der Waals surface area contributed by atoms with E-state index in [1.165, 1.54) is 25.5 Å². The van der Waals surface area contributed by atoms with Gasteiger partial charge < -0.3 is 23.4 Å². The van der Waals surface area contributed by atoms with Gasteiger partial charge in [0.2, 0.25) is 5.76 Å². The van der Waals surface area contributed by atoms with Gasteiger partial charge in [-0.2, -0.15) is 0 Å². The van der Waals surface area contributed by atoms with Crippen molar-refractivity contribution in [1.82, 2.24) is 10.9 Å². The van der Waals surface area contributed by atoms with Crippen LogP contribution in [0.1, 0.15) is 33.4 Å². The molecule has 1 saturated heterocycles. The van der Waals surface area contributed by atoms with Crippen LogP contribution in [0.5, 0.6) is 5.75 Å². The van der Waals surface area contributed by atoms with E-state index in [1.807, 2.05) is 19.1 Å². The van der Waals surface area contributed by atoms with E-state index in [1.54, 1.807) is 18.2 Å². The molecule has 0 saturated carbocycles. The van der Waals surface area contributed by atoms with Crippen LogP contribution in [0, 0.1) is 10.1 Å². The minimum absolute atomic E-state index is 0.0306. The fourth-order valence-corrected chi connectivity index (χ4v) is 3.63. The van der Waals surface area contributed by atoms with Crippen molar-refractivity contribution in [3.8, 4) is 16.9 Å². The zero-order chi connectivity index (χ0) is 25.7. The molecule has 0 spiro atoms. The van der Waals surface area contributed by atoms with Crippen molar-refractivity contribution in [2.75, 3.05) is 27.1 Å². The van der Waals surface area contributed by atoms with Crippen LogP contribution in [0.15, 0.2) is 59.2 Å². The highest BCUT2D eigenvalue weighted by molar-refractivity contribution is 6.01. The van der Waals surface area contributed by atoms with Gasteiger partial charge in [0.25, 0.3) is 5.91 Å². The Morgan fingerprint density at radius 3 is 2.42 bits per heavy atom. The normalized spacial score (nSPS) is 14.3. The number of hydrogen-bond acceptors (Lipinski definition) is 9. The van der Waals surface area contributed by atoms with Gasteiger partial charge >= 0.3 is 11.6 Å². The fourth-order valence-electron chi connectivity index (χ4n) is 3.63. The van der Waals surface area contributed by atoms with Crippen molar-refractivity contribution in [3.63, 3.8) is 0 Å². The molecule has 1 fully saturated rings. The predicted octanol–water partition coefficient (Wildman–Crippen LogP) is 3.13. The van der Waals surface area contributed by atoms with Gasteiger partial charge in [0.05, 0.1) is 24.4 Å². The van der Waals surface area contributed by atoms with Gasteiger partial charge in [0, 0.05) is 29.9 Å². The smallest absolute Gasteiger partial charge is 0.311 e. The lowest BCUT2D eigenvalue weighted by molar-refractivity contribution is -0.386. The highest BCUT2D eigenvalue weighted by atomic mass is 16.7. The first-order valence-electron chi connectivity index (χ1n) is 10.8. The summed E-state index contributed by atoms with van der Waals surface area (Å²) in [4.78, 5) is 35.8. The number of hydrogen-bond donors (Lipinski definition) is 2. The van der Waals surface area contributed by atoms with Gasteiger partial charge in [-0.1, -0.05) is 24.3 Å². The van der Waals surface area contributed by atoms with E-state index in [4.69, 9.17) is 23.4 Å². The molecule has 12 nitrogen and oxygen atoms in total. The molecule has 3 aromatic rings. The van der Waals surface area contributed by atoms with Crippen LogP contribution in [0.3, 0.4) is 0 Å². The molecule has 0 radical (unpaired) electrons. The summed E-state index contributed by atoms with van der Waals surface area (Å²) in [5, 5.41) is 11.3. The number of amides is 2. The molecule has 0 bridgehead atoms. The third kappa shape index (κ3) is 5.20. The maximum Gasteiger partial charge on any atom is 0.311 e. The second kappa shape index (κ2) is 10.6. The number of nitro groups is 1. The second-order valence-corrected chi connectivity index (χ2v) is 7.78. The molecule has 0 unspecified atom stereocenters. The van der Waals surface area contributed by atoms with Gasteiger partial charge in [-0.05, 0) is 30.7 Å². The van der Waals surface area contributed by atoms with Gasteiger partial charge in [-0.25, -0.2) is 0 Å². The molecule has 1 aliphatic rings. The number of methoxy groups -OCH3 is 1. The Bertz CT molecular complexity index is 1260. The Morgan fingerprint density at radius 1 is 1.06 bits per heavy atom. The largest absolute Gasteiger partial charge is 0.460 e. The Balaban J connectivity index is 1.44. The third-order valence-electron chi connectivity index (χ3n) is 5.47. The summed E-state index contributed by atoms with van der Waals surface area (Å²) >= 11 is 0. The molecule has 2 heterocycles. The third-order valence-corrected chi connectivity index (χ3v) is 5.47. The molecule has 2 aromatic carbocycles. The molecule has 1 aliphatic heterocycles. The van der Waals surface area contributed by atoms with E-state index in [0.717, 1.165) is 11.6 Å². The zero-order valence-electron chi connectivity index (χ0n) is 19.4. The van der Waals surface area contributed by atoms with Crippen LogP contribution in [0.25, 0.3) is 11.1 Å². The summed E-state index contributed by atoms with van der Waals surface area (Å²) in [6, 6.07) is 12.5. The highest BCUT2D eigenvalue weighted by Gasteiger charge is 2.33. The van der Waals surface area contributed by atoms with Crippen LogP contribution in [0.4, 0.5) is 5.69 Å². The lowest BCUT2D eigenvalue weighted by Crippen LogP contribution is -2.41. The maximum absolute atomic E-state index is 12.7. The summed E-state index contributed by atoms with van der Waals surface area (Å²) in [6.07, 6.45) is 1.35. The van der Waals surface area contributed by atoms with Gasteiger partial charge in [0.1, 0.15) is 0 Å². The lowest BCUT2D eigenvalue weighted by Gasteiger charge is -2.22. The molecule has 188 valence electrons. The number of hydrazine groups is 1. The highest BCUT2D eigenvalue weighted by Crippen LogP contribution is 2.33. The number of rotatable bonds is 8. The molecular formula is C24H23N3O9. The number of nitro benzene ring substituents is 1. The predicted molar refractivity (Wildman–Crippen MR) is 124 cm³/mol. The van der Waals surface area contributed by atoms with E-state index in [9.17, 15) is 19.7 Å². The summed E-state index contributed by atoms with van der Waals surface area (Å²) < 4.78 is 26.5. The number of furan rings is 1. The first-order chi connectivity index (χ1) is 17.3. The van der Waals surface area contributed by atoms with Crippen molar-refractivity contribution in [2.24, 2.45) is 0 Å². The minimum Gasteiger partial charge on any atom is -0.460 e. The number of carbonyl (C=O) groups is 2. The number of ether oxygens (including phenoxy) is 4. The first-order valence-corrected chi connectivity index (χ1v) is 10.8. The number of carbonyl (C=O) groups excluding carboxylic acids is 2. The summed E-state index contributed by atoms with van der Waals surface area (Å²) in [6.45, 7) is 2.66. The first kappa shape index (κ1) is 24.9. The Morgan fingerprint density at radius 2 is 1.75 bits per heavy atom. The summed E-state index contributed by atoms with van der Waals surface area (Å²) in [7, 11) is 1.37. The zero-order valence-corrected chi connectivity index (χ0v) is 19.4. The van der Waals surface area contributed by atoms with Gasteiger partial charge in [0.15, 0.2) is 18.3 Å². The number of benzene rings is 2. The Hall–Kier alpha value is -4.26. The van der Waals surface area contributed by atoms with Crippen LogP contribution in [-0.2, 0) is 20.0 Å². The molecule has 2 N–H and O–H groups in total. The molecule has 4 rings (SSSR count). The summed E-state index contributed by atoms with van der Waals surface area (Å²) in [5.74, 6) is -2.39. The molecule has 1 aromatic heterocycles. The molecule has 0 aliphatic carbocycles. The van der Waals surface area contributed by atoms with E-state index in [-0.39, 0.29) is 23.9 Å². The van der Waals surface area contributed by atoms with E-state index in [0.29, 0.717) is 24.3 Å². The van der Waals surface area contributed by atoms with E-state index >= 15 is 0 Å². The minimum atomic E-state index is -0.817. The standard InChI is InChI=1S/C24H23N3O9/c1-24(35-11-12-36-24)17-6-3-15(4-7-17)18-9-10-33-21(18)23(29)26-25-22(28)16-5-8-20(34-14-32-2)19(13-16)27(30)31/h3-10,13H,11-12,14H2,1-2H3,(H,25,28)(H,26,29). The molecular weight excluding hydrogens is 474 g/mol. The Labute approximate surface area is 205 Å². The van der Waals surface area contributed by atoms with Crippen LogP contribution >= 0.6 is 0 Å². The van der Waals surface area contributed by atoms with Crippen molar-refractivity contribution >= 4 is 17.5 Å². The van der Waals surface area contributed by atoms with E-state index in [2.05, 4.69) is 10.9 Å². The van der Waals surface area contributed by atoms with Crippen LogP contribution < -0.4 is 15.6 Å². The summed E-state index contributed by atoms with van der Waals surface area (Å²) in [5.41, 5.74) is 6.03. The second-order valence-electron chi connectivity index (χ2n) is 7.78. The van der Waals surface area contributed by atoms with Crippen molar-refractivity contribution in [3.05, 3.63) is 81.8 Å². The maximum atomic E-state index is 12.7. The number of nitrogens with zero attached hydrogens (tertiary/aromatic N) is 1. The topological polar surface area (TPSA) is 151 Å². The average Bonchev–Trinajstić information content (AvgIpc) is 3.56. The van der Waals surface area contributed by atoms with Gasteiger partial charge in [-0.3, -0.25) is 30.6 Å². The molecule has 0 atom stereocenters. The Kier molecular flexibility index (Phi) is 7.29. The van der Waals surface area contributed by atoms with Crippen LogP contribution in [0.2, 0.25) is 0 Å². The quantitative estimate of drug-likeness (QED) is 0.272. The van der Waals surface area contributed by atoms with Crippen molar-refractivity contribution in [2.45, 2.75) is 12.7 Å². The van der Waals surface area contributed by atoms with E-state index < -0.39 is 28.2 Å². The van der Waals surface area contributed by atoms with Crippen molar-refractivity contribution in [1.29, 1.82) is 0 Å². The fraction of sp³-hybridized carbons (Fsp3) is 0.250. The molecule has 12 heteroatoms. The van der Waals surface area contributed by atoms with Crippen LogP contribution in [-0.4, -0.2) is 43.9 Å². The van der Waals surface area contributed by atoms with Crippen molar-refractivity contribution < 1.29 is 37.9 Å². The SMILES string of the molecule is COCOc1ccc(C(=O)NNC(=O)c2occc2-c2ccc(C3(C)OCCO3)cc2)cc1[N+](=O)[O-]. The lowest BCUT2D eigenvalue weighted by atomic mass is 10.0. The molecule has 2 amide bonds. The number of nitrogens with one attached hydrogen (secondary N) is 2. The molecule has 36 heavy (non-hydrogen) atoms. The average molecular weight is 497 g/mol. The monoisotopic (exact) mass is 497 g/mol.